The summed E-state index contributed by atoms with van der Waals surface area (Å²) in [5, 5.41) is 12.2. The van der Waals surface area contributed by atoms with Crippen molar-refractivity contribution in [3.05, 3.63) is 137 Å². The van der Waals surface area contributed by atoms with Crippen LogP contribution in [0.1, 0.15) is 58.8 Å². The van der Waals surface area contributed by atoms with Crippen LogP contribution < -0.4 is 10.5 Å². The molecule has 7 heteroatoms. The maximum atomic E-state index is 14.6. The van der Waals surface area contributed by atoms with Crippen molar-refractivity contribution in [1.29, 1.82) is 0 Å². The molecule has 0 aromatic heterocycles. The summed E-state index contributed by atoms with van der Waals surface area (Å²) in [6.45, 7) is 3.33. The van der Waals surface area contributed by atoms with Gasteiger partial charge in [-0.2, -0.15) is 0 Å². The SMILES string of the molecule is CCCCOc1cccc(CN2C(=O)N(Cc3cccc(C(N)=O)c3)[C@H](CCc3ccccc3)[C@@H](O)[C@H]2Cc2ccccc2)c1. The first-order valence-electron chi connectivity index (χ1n) is 15.9. The monoisotopic (exact) mass is 605 g/mol. The fourth-order valence-corrected chi connectivity index (χ4v) is 6.10. The predicted octanol–water partition coefficient (Wildman–Crippen LogP) is 6.38. The van der Waals surface area contributed by atoms with E-state index in [0.717, 1.165) is 40.8 Å². The van der Waals surface area contributed by atoms with E-state index in [1.807, 2.05) is 78.9 Å². The van der Waals surface area contributed by atoms with E-state index in [0.29, 0.717) is 38.0 Å². The van der Waals surface area contributed by atoms with Gasteiger partial charge in [0.2, 0.25) is 5.91 Å². The van der Waals surface area contributed by atoms with Crippen LogP contribution in [-0.2, 0) is 25.9 Å². The number of primary amides is 1. The molecular formula is C38H43N3O4. The normalized spacial score (nSPS) is 18.2. The fraction of sp³-hybridized carbons (Fsp3) is 0.316. The van der Waals surface area contributed by atoms with Gasteiger partial charge in [0.15, 0.2) is 0 Å². The molecule has 4 aromatic rings. The van der Waals surface area contributed by atoms with Gasteiger partial charge in [-0.15, -0.1) is 0 Å². The van der Waals surface area contributed by atoms with E-state index in [2.05, 4.69) is 19.1 Å². The smallest absolute Gasteiger partial charge is 0.321 e. The minimum atomic E-state index is -0.824. The highest BCUT2D eigenvalue weighted by Gasteiger charge is 2.45. The molecule has 0 aliphatic carbocycles. The molecule has 1 aliphatic rings. The van der Waals surface area contributed by atoms with E-state index < -0.39 is 24.1 Å². The van der Waals surface area contributed by atoms with Crippen LogP contribution in [0.4, 0.5) is 4.79 Å². The standard InChI is InChI=1S/C38H43N3O4/c1-2-3-22-45-33-19-11-17-31(24-33)27-41-35(25-29-14-8-5-9-15-29)36(42)34(21-20-28-12-6-4-7-13-28)40(38(41)44)26-30-16-10-18-32(23-30)37(39)43/h4-19,23-24,34-36,42H,2-3,20-22,25-27H2,1H3,(H2,39,43)/t34-,35-,36-/m1/s1. The lowest BCUT2D eigenvalue weighted by Gasteiger charge is -2.49. The zero-order valence-electron chi connectivity index (χ0n) is 25.9. The molecule has 0 unspecified atom stereocenters. The third-order valence-electron chi connectivity index (χ3n) is 8.52. The van der Waals surface area contributed by atoms with Crippen LogP contribution in [0.15, 0.2) is 109 Å². The van der Waals surface area contributed by atoms with Crippen LogP contribution in [0.2, 0.25) is 0 Å². The molecule has 1 fully saturated rings. The lowest BCUT2D eigenvalue weighted by Crippen LogP contribution is -2.66. The van der Waals surface area contributed by atoms with Gasteiger partial charge < -0.3 is 25.4 Å². The largest absolute Gasteiger partial charge is 0.494 e. The second-order valence-corrected chi connectivity index (χ2v) is 11.8. The summed E-state index contributed by atoms with van der Waals surface area (Å²) in [7, 11) is 0. The van der Waals surface area contributed by atoms with Crippen molar-refractivity contribution >= 4 is 11.9 Å². The molecule has 234 valence electrons. The quantitative estimate of drug-likeness (QED) is 0.163. The average Bonchev–Trinajstić information content (AvgIpc) is 3.06. The van der Waals surface area contributed by atoms with Crippen LogP contribution in [0.3, 0.4) is 0 Å². The van der Waals surface area contributed by atoms with Crippen LogP contribution >= 0.6 is 0 Å². The maximum Gasteiger partial charge on any atom is 0.321 e. The minimum Gasteiger partial charge on any atom is -0.494 e. The van der Waals surface area contributed by atoms with Gasteiger partial charge in [0, 0.05) is 18.7 Å². The van der Waals surface area contributed by atoms with Crippen molar-refractivity contribution in [3.8, 4) is 5.75 Å². The number of carbonyl (C=O) groups is 2. The van der Waals surface area contributed by atoms with E-state index in [1.165, 1.54) is 0 Å². The zero-order valence-corrected chi connectivity index (χ0v) is 25.9. The Bertz CT molecular complexity index is 1550. The summed E-state index contributed by atoms with van der Waals surface area (Å²) in [5.41, 5.74) is 9.88. The molecule has 0 bridgehead atoms. The second kappa shape index (κ2) is 15.4. The number of unbranched alkanes of at least 4 members (excludes halogenated alkanes) is 1. The van der Waals surface area contributed by atoms with Gasteiger partial charge in [-0.05, 0) is 72.2 Å². The van der Waals surface area contributed by atoms with Gasteiger partial charge in [-0.25, -0.2) is 4.79 Å². The molecule has 3 atom stereocenters. The summed E-state index contributed by atoms with van der Waals surface area (Å²) in [4.78, 5) is 30.2. The van der Waals surface area contributed by atoms with E-state index in [4.69, 9.17) is 10.5 Å². The van der Waals surface area contributed by atoms with E-state index in [9.17, 15) is 14.7 Å². The zero-order chi connectivity index (χ0) is 31.6. The van der Waals surface area contributed by atoms with Crippen LogP contribution in [0.5, 0.6) is 5.75 Å². The first-order chi connectivity index (χ1) is 21.9. The molecule has 1 saturated heterocycles. The third-order valence-corrected chi connectivity index (χ3v) is 8.52. The maximum absolute atomic E-state index is 14.6. The van der Waals surface area contributed by atoms with E-state index in [1.54, 1.807) is 28.0 Å². The van der Waals surface area contributed by atoms with Crippen molar-refractivity contribution in [1.82, 2.24) is 9.80 Å². The van der Waals surface area contributed by atoms with Gasteiger partial charge in [-0.3, -0.25) is 4.79 Å². The van der Waals surface area contributed by atoms with Crippen LogP contribution in [0, 0.1) is 0 Å². The number of benzene rings is 4. The number of nitrogens with zero attached hydrogens (tertiary/aromatic N) is 2. The highest BCUT2D eigenvalue weighted by molar-refractivity contribution is 5.92. The molecular weight excluding hydrogens is 562 g/mol. The average molecular weight is 606 g/mol. The molecule has 3 amide bonds. The molecule has 4 aromatic carbocycles. The number of rotatable bonds is 14. The Morgan fingerprint density at radius 1 is 0.778 bits per heavy atom. The number of nitrogens with two attached hydrogens (primary N) is 1. The van der Waals surface area contributed by atoms with E-state index >= 15 is 0 Å². The Morgan fingerprint density at radius 3 is 2.04 bits per heavy atom. The van der Waals surface area contributed by atoms with Crippen molar-refractivity contribution < 1.29 is 19.4 Å². The van der Waals surface area contributed by atoms with Crippen LogP contribution in [-0.4, -0.2) is 51.6 Å². The number of urea groups is 1. The van der Waals surface area contributed by atoms with Crippen molar-refractivity contribution in [2.75, 3.05) is 6.61 Å². The molecule has 45 heavy (non-hydrogen) atoms. The summed E-state index contributed by atoms with van der Waals surface area (Å²) in [6, 6.07) is 34.0. The number of aryl methyl sites for hydroxylation is 1. The number of carbonyl (C=O) groups excluding carboxylic acids is 2. The summed E-state index contributed by atoms with van der Waals surface area (Å²) in [6.07, 6.45) is 3.01. The number of amides is 3. The number of hydrogen-bond donors (Lipinski definition) is 2. The number of aliphatic hydroxyl groups is 1. The van der Waals surface area contributed by atoms with Gasteiger partial charge in [0.05, 0.1) is 24.8 Å². The minimum absolute atomic E-state index is 0.152. The molecule has 3 N–H and O–H groups in total. The topological polar surface area (TPSA) is 96.1 Å². The molecule has 0 spiro atoms. The number of hydrogen-bond acceptors (Lipinski definition) is 4. The lowest BCUT2D eigenvalue weighted by molar-refractivity contribution is -0.0453. The number of ether oxygens (including phenoxy) is 1. The first kappa shape index (κ1) is 31.8. The molecule has 5 rings (SSSR count). The van der Waals surface area contributed by atoms with Crippen molar-refractivity contribution in [2.24, 2.45) is 5.73 Å². The summed E-state index contributed by atoms with van der Waals surface area (Å²) in [5.74, 6) is 0.250. The highest BCUT2D eigenvalue weighted by atomic mass is 16.5. The van der Waals surface area contributed by atoms with Gasteiger partial charge in [0.25, 0.3) is 0 Å². The predicted molar refractivity (Wildman–Crippen MR) is 177 cm³/mol. The summed E-state index contributed by atoms with van der Waals surface area (Å²) >= 11 is 0. The van der Waals surface area contributed by atoms with E-state index in [-0.39, 0.29) is 12.6 Å². The highest BCUT2D eigenvalue weighted by Crippen LogP contribution is 2.31. The Balaban J connectivity index is 1.49. The number of aliphatic hydroxyl groups excluding tert-OH is 1. The lowest BCUT2D eigenvalue weighted by atomic mass is 9.88. The Kier molecular flexibility index (Phi) is 10.9. The van der Waals surface area contributed by atoms with Gasteiger partial charge >= 0.3 is 6.03 Å². The Hall–Kier alpha value is -4.62. The molecule has 0 saturated carbocycles. The third kappa shape index (κ3) is 8.31. The van der Waals surface area contributed by atoms with Crippen LogP contribution in [0.25, 0.3) is 0 Å². The molecule has 0 radical (unpaired) electrons. The van der Waals surface area contributed by atoms with Gasteiger partial charge in [-0.1, -0.05) is 98.3 Å². The van der Waals surface area contributed by atoms with Crippen molar-refractivity contribution in [3.63, 3.8) is 0 Å². The van der Waals surface area contributed by atoms with Crippen molar-refractivity contribution in [2.45, 2.75) is 70.3 Å². The second-order valence-electron chi connectivity index (χ2n) is 11.8. The Morgan fingerprint density at radius 2 is 1.38 bits per heavy atom. The first-order valence-corrected chi connectivity index (χ1v) is 15.9. The Labute approximate surface area is 266 Å². The molecule has 1 heterocycles. The summed E-state index contributed by atoms with van der Waals surface area (Å²) < 4.78 is 5.97. The van der Waals surface area contributed by atoms with Gasteiger partial charge in [0.1, 0.15) is 5.75 Å². The fourth-order valence-electron chi connectivity index (χ4n) is 6.10. The molecule has 7 nitrogen and oxygen atoms in total. The molecule has 1 aliphatic heterocycles.